The van der Waals surface area contributed by atoms with E-state index in [1.165, 1.54) is 11.3 Å². The number of fused-ring (bicyclic) bond motifs is 1. The largest absolute Gasteiger partial charge is 0.486 e. The van der Waals surface area contributed by atoms with E-state index in [-0.39, 0.29) is 0 Å². The third-order valence-corrected chi connectivity index (χ3v) is 6.39. The number of anilines is 1. The van der Waals surface area contributed by atoms with Gasteiger partial charge in [0, 0.05) is 56.6 Å². The Labute approximate surface area is 195 Å². The van der Waals surface area contributed by atoms with Crippen molar-refractivity contribution in [3.05, 3.63) is 59.9 Å². The highest BCUT2D eigenvalue weighted by atomic mass is 16.6. The molecule has 174 valence electrons. The number of piperazine rings is 1. The highest BCUT2D eigenvalue weighted by Gasteiger charge is 2.18. The van der Waals surface area contributed by atoms with E-state index in [1.54, 1.807) is 0 Å². The van der Waals surface area contributed by atoms with Crippen molar-refractivity contribution in [3.8, 4) is 22.8 Å². The molecule has 3 heterocycles. The van der Waals surface area contributed by atoms with Crippen molar-refractivity contribution < 1.29 is 14.0 Å². The Balaban J connectivity index is 1.09. The second kappa shape index (κ2) is 9.85. The zero-order chi connectivity index (χ0) is 22.6. The van der Waals surface area contributed by atoms with Crippen LogP contribution < -0.4 is 14.4 Å². The molecule has 0 saturated carbocycles. The lowest BCUT2D eigenvalue weighted by atomic mass is 10.1. The zero-order valence-electron chi connectivity index (χ0n) is 19.5. The van der Waals surface area contributed by atoms with Gasteiger partial charge in [-0.05, 0) is 44.3 Å². The predicted molar refractivity (Wildman–Crippen MR) is 129 cm³/mol. The number of nitrogens with zero attached hydrogens (tertiary/aromatic N) is 4. The maximum absolute atomic E-state index is 5.68. The molecule has 7 nitrogen and oxygen atoms in total. The number of benzene rings is 2. The SMILES string of the molecule is Cc1ccc(N2CCN(CCN(C)Cc3cc(-c4ccc5c(c4)OCCO5)no3)CC2)cc1. The zero-order valence-corrected chi connectivity index (χ0v) is 19.5. The molecule has 0 unspecified atom stereocenters. The summed E-state index contributed by atoms with van der Waals surface area (Å²) in [5, 5.41) is 4.27. The van der Waals surface area contributed by atoms with Crippen molar-refractivity contribution in [1.82, 2.24) is 15.0 Å². The number of ether oxygens (including phenoxy) is 2. The van der Waals surface area contributed by atoms with Crippen LogP contribution in [0.2, 0.25) is 0 Å². The molecule has 0 spiro atoms. The second-order valence-corrected chi connectivity index (χ2v) is 8.94. The summed E-state index contributed by atoms with van der Waals surface area (Å²) in [4.78, 5) is 7.32. The van der Waals surface area contributed by atoms with Crippen LogP contribution in [0.15, 0.2) is 53.1 Å². The molecule has 1 saturated heterocycles. The average Bonchev–Trinajstić information content (AvgIpc) is 3.32. The first-order chi connectivity index (χ1) is 16.1. The minimum Gasteiger partial charge on any atom is -0.486 e. The Kier molecular flexibility index (Phi) is 6.51. The van der Waals surface area contributed by atoms with E-state index < -0.39 is 0 Å². The summed E-state index contributed by atoms with van der Waals surface area (Å²) in [6, 6.07) is 16.8. The topological polar surface area (TPSA) is 54.2 Å². The van der Waals surface area contributed by atoms with Gasteiger partial charge in [-0.3, -0.25) is 9.80 Å². The Morgan fingerprint density at radius 1 is 0.909 bits per heavy atom. The summed E-state index contributed by atoms with van der Waals surface area (Å²) >= 11 is 0. The van der Waals surface area contributed by atoms with Crippen molar-refractivity contribution >= 4 is 5.69 Å². The lowest BCUT2D eigenvalue weighted by Crippen LogP contribution is -2.48. The minimum atomic E-state index is 0.576. The molecule has 0 atom stereocenters. The predicted octanol–water partition coefficient (Wildman–Crippen LogP) is 3.68. The van der Waals surface area contributed by atoms with Crippen LogP contribution in [-0.4, -0.2) is 74.5 Å². The molecule has 5 rings (SSSR count). The van der Waals surface area contributed by atoms with Crippen LogP contribution in [0.4, 0.5) is 5.69 Å². The number of aryl methyl sites for hydroxylation is 1. The molecular formula is C26H32N4O3. The molecule has 1 fully saturated rings. The number of aromatic nitrogens is 1. The summed E-state index contributed by atoms with van der Waals surface area (Å²) in [5.74, 6) is 2.42. The highest BCUT2D eigenvalue weighted by molar-refractivity contribution is 5.64. The molecule has 7 heteroatoms. The Bertz CT molecular complexity index is 1060. The molecule has 1 aromatic heterocycles. The van der Waals surface area contributed by atoms with Crippen LogP contribution in [0.1, 0.15) is 11.3 Å². The van der Waals surface area contributed by atoms with Crippen LogP contribution in [0.25, 0.3) is 11.3 Å². The van der Waals surface area contributed by atoms with Gasteiger partial charge < -0.3 is 18.9 Å². The lowest BCUT2D eigenvalue weighted by Gasteiger charge is -2.36. The van der Waals surface area contributed by atoms with Gasteiger partial charge in [0.25, 0.3) is 0 Å². The van der Waals surface area contributed by atoms with Crippen LogP contribution in [0.5, 0.6) is 11.5 Å². The molecule has 0 bridgehead atoms. The van der Waals surface area contributed by atoms with Crippen molar-refractivity contribution in [3.63, 3.8) is 0 Å². The summed E-state index contributed by atoms with van der Waals surface area (Å²) < 4.78 is 16.9. The minimum absolute atomic E-state index is 0.576. The molecule has 0 aliphatic carbocycles. The Morgan fingerprint density at radius 3 is 2.45 bits per heavy atom. The molecular weight excluding hydrogens is 416 g/mol. The van der Waals surface area contributed by atoms with E-state index in [9.17, 15) is 0 Å². The summed E-state index contributed by atoms with van der Waals surface area (Å²) in [6.07, 6.45) is 0. The van der Waals surface area contributed by atoms with E-state index in [0.29, 0.717) is 13.2 Å². The molecule has 0 N–H and O–H groups in total. The van der Waals surface area contributed by atoms with Crippen molar-refractivity contribution in [2.45, 2.75) is 13.5 Å². The van der Waals surface area contributed by atoms with Gasteiger partial charge in [-0.25, -0.2) is 0 Å². The first kappa shape index (κ1) is 21.8. The Hall–Kier alpha value is -3.03. The van der Waals surface area contributed by atoms with Crippen LogP contribution >= 0.6 is 0 Å². The molecule has 33 heavy (non-hydrogen) atoms. The summed E-state index contributed by atoms with van der Waals surface area (Å²) in [7, 11) is 2.13. The fraction of sp³-hybridized carbons (Fsp3) is 0.423. The number of hydrogen-bond acceptors (Lipinski definition) is 7. The van der Waals surface area contributed by atoms with Gasteiger partial charge in [-0.1, -0.05) is 22.9 Å². The number of likely N-dealkylation sites (N-methyl/N-ethyl adjacent to an activating group) is 1. The molecule has 0 amide bonds. The summed E-state index contributed by atoms with van der Waals surface area (Å²) in [5.41, 5.74) is 4.44. The maximum Gasteiger partial charge on any atom is 0.162 e. The number of rotatable bonds is 7. The molecule has 2 aliphatic heterocycles. The molecule has 2 aromatic carbocycles. The smallest absolute Gasteiger partial charge is 0.162 e. The third-order valence-electron chi connectivity index (χ3n) is 6.39. The first-order valence-corrected chi connectivity index (χ1v) is 11.7. The number of hydrogen-bond donors (Lipinski definition) is 0. The summed E-state index contributed by atoms with van der Waals surface area (Å²) in [6.45, 7) is 10.4. The highest BCUT2D eigenvalue weighted by Crippen LogP contribution is 2.34. The molecule has 2 aliphatic rings. The normalized spacial score (nSPS) is 16.4. The average molecular weight is 449 g/mol. The van der Waals surface area contributed by atoms with E-state index in [1.807, 2.05) is 24.3 Å². The van der Waals surface area contributed by atoms with Gasteiger partial charge in [-0.15, -0.1) is 0 Å². The van der Waals surface area contributed by atoms with Crippen LogP contribution in [0.3, 0.4) is 0 Å². The van der Waals surface area contributed by atoms with Crippen LogP contribution in [-0.2, 0) is 6.54 Å². The van der Waals surface area contributed by atoms with Crippen molar-refractivity contribution in [1.29, 1.82) is 0 Å². The van der Waals surface area contributed by atoms with E-state index in [2.05, 4.69) is 58.1 Å². The molecule has 0 radical (unpaired) electrons. The first-order valence-electron chi connectivity index (χ1n) is 11.7. The standard InChI is InChI=1S/C26H32N4O3/c1-20-3-6-22(7-4-20)30-13-11-29(12-14-30)10-9-28(2)19-23-18-24(27-33-23)21-5-8-25-26(17-21)32-16-15-31-25/h3-8,17-18H,9-16,19H2,1-2H3. The van der Waals surface area contributed by atoms with Crippen molar-refractivity contribution in [2.75, 3.05) is 64.4 Å². The maximum atomic E-state index is 5.68. The fourth-order valence-corrected chi connectivity index (χ4v) is 4.37. The van der Waals surface area contributed by atoms with Crippen LogP contribution in [0, 0.1) is 6.92 Å². The van der Waals surface area contributed by atoms with Gasteiger partial charge in [0.1, 0.15) is 18.9 Å². The van der Waals surface area contributed by atoms with Gasteiger partial charge in [0.2, 0.25) is 0 Å². The van der Waals surface area contributed by atoms with Gasteiger partial charge in [0.15, 0.2) is 17.3 Å². The lowest BCUT2D eigenvalue weighted by molar-refractivity contribution is 0.171. The van der Waals surface area contributed by atoms with E-state index in [0.717, 1.165) is 74.3 Å². The monoisotopic (exact) mass is 448 g/mol. The van der Waals surface area contributed by atoms with Gasteiger partial charge in [0.05, 0.1) is 6.54 Å². The van der Waals surface area contributed by atoms with Crippen molar-refractivity contribution in [2.24, 2.45) is 0 Å². The van der Waals surface area contributed by atoms with E-state index in [4.69, 9.17) is 14.0 Å². The fourth-order valence-electron chi connectivity index (χ4n) is 4.37. The van der Waals surface area contributed by atoms with E-state index >= 15 is 0 Å². The Morgan fingerprint density at radius 2 is 1.67 bits per heavy atom. The second-order valence-electron chi connectivity index (χ2n) is 8.94. The molecule has 3 aromatic rings. The van der Waals surface area contributed by atoms with Gasteiger partial charge >= 0.3 is 0 Å². The quantitative estimate of drug-likeness (QED) is 0.547. The van der Waals surface area contributed by atoms with Gasteiger partial charge in [-0.2, -0.15) is 0 Å². The third kappa shape index (κ3) is 5.31.